The standard InChI is InChI=1S/C16H24N2O4/c1-5-21-13-6-8-14(9-7-13)22-12(4)16(20)18-17-15(19)10-11(2)3/h6-9,11-12H,5,10H2,1-4H3,(H,17,19)(H,18,20)/t12-/m1/s1. The van der Waals surface area contributed by atoms with Crippen molar-refractivity contribution in [1.82, 2.24) is 10.9 Å². The second kappa shape index (κ2) is 8.92. The van der Waals surface area contributed by atoms with E-state index in [1.54, 1.807) is 31.2 Å². The van der Waals surface area contributed by atoms with Crippen LogP contribution in [0.3, 0.4) is 0 Å². The van der Waals surface area contributed by atoms with Crippen LogP contribution in [0.4, 0.5) is 0 Å². The Labute approximate surface area is 131 Å². The molecule has 0 spiro atoms. The molecular weight excluding hydrogens is 284 g/mol. The van der Waals surface area contributed by atoms with Crippen molar-refractivity contribution in [2.24, 2.45) is 5.92 Å². The molecule has 0 aliphatic carbocycles. The SMILES string of the molecule is CCOc1ccc(O[C@H](C)C(=O)NNC(=O)CC(C)C)cc1. The minimum absolute atomic E-state index is 0.225. The molecule has 0 radical (unpaired) electrons. The number of benzene rings is 1. The molecule has 0 fully saturated rings. The first kappa shape index (κ1) is 17.8. The molecule has 6 heteroatoms. The molecule has 0 bridgehead atoms. The van der Waals surface area contributed by atoms with Crippen LogP contribution in [0.5, 0.6) is 11.5 Å². The monoisotopic (exact) mass is 308 g/mol. The molecule has 2 amide bonds. The van der Waals surface area contributed by atoms with Gasteiger partial charge in [0.05, 0.1) is 6.61 Å². The maximum absolute atomic E-state index is 11.8. The molecule has 1 rings (SSSR count). The molecule has 6 nitrogen and oxygen atoms in total. The Morgan fingerprint density at radius 1 is 1.05 bits per heavy atom. The van der Waals surface area contributed by atoms with E-state index in [4.69, 9.17) is 9.47 Å². The van der Waals surface area contributed by atoms with Crippen LogP contribution in [0.15, 0.2) is 24.3 Å². The lowest BCUT2D eigenvalue weighted by molar-refractivity contribution is -0.133. The molecule has 1 aromatic carbocycles. The van der Waals surface area contributed by atoms with Crippen molar-refractivity contribution in [2.75, 3.05) is 6.61 Å². The molecule has 22 heavy (non-hydrogen) atoms. The van der Waals surface area contributed by atoms with E-state index in [9.17, 15) is 9.59 Å². The van der Waals surface area contributed by atoms with Crippen LogP contribution in [-0.2, 0) is 9.59 Å². The number of carbonyl (C=O) groups is 2. The highest BCUT2D eigenvalue weighted by Crippen LogP contribution is 2.18. The maximum atomic E-state index is 11.8. The fourth-order valence-corrected chi connectivity index (χ4v) is 1.69. The fourth-order valence-electron chi connectivity index (χ4n) is 1.69. The minimum atomic E-state index is -0.725. The van der Waals surface area contributed by atoms with E-state index in [2.05, 4.69) is 10.9 Å². The summed E-state index contributed by atoms with van der Waals surface area (Å²) in [6.07, 6.45) is -0.369. The van der Waals surface area contributed by atoms with Gasteiger partial charge in [-0.05, 0) is 44.0 Å². The van der Waals surface area contributed by atoms with Crippen LogP contribution < -0.4 is 20.3 Å². The summed E-state index contributed by atoms with van der Waals surface area (Å²) in [6.45, 7) is 7.97. The largest absolute Gasteiger partial charge is 0.494 e. The molecule has 0 saturated carbocycles. The Balaban J connectivity index is 2.41. The van der Waals surface area contributed by atoms with Gasteiger partial charge in [-0.3, -0.25) is 20.4 Å². The molecule has 1 atom stereocenters. The highest BCUT2D eigenvalue weighted by atomic mass is 16.5. The molecule has 122 valence electrons. The predicted molar refractivity (Wildman–Crippen MR) is 83.4 cm³/mol. The predicted octanol–water partition coefficient (Wildman–Crippen LogP) is 2.05. The quantitative estimate of drug-likeness (QED) is 0.756. The third-order valence-electron chi connectivity index (χ3n) is 2.74. The van der Waals surface area contributed by atoms with Crippen molar-refractivity contribution in [3.63, 3.8) is 0 Å². The van der Waals surface area contributed by atoms with Gasteiger partial charge in [-0.1, -0.05) is 13.8 Å². The Morgan fingerprint density at radius 3 is 2.18 bits per heavy atom. The molecule has 0 saturated heterocycles. The van der Waals surface area contributed by atoms with Gasteiger partial charge in [-0.15, -0.1) is 0 Å². The number of nitrogens with one attached hydrogen (secondary N) is 2. The number of amides is 2. The third-order valence-corrected chi connectivity index (χ3v) is 2.74. The normalized spacial score (nSPS) is 11.7. The van der Waals surface area contributed by atoms with E-state index in [1.165, 1.54) is 0 Å². The lowest BCUT2D eigenvalue weighted by Gasteiger charge is -2.15. The van der Waals surface area contributed by atoms with E-state index in [1.807, 2.05) is 20.8 Å². The van der Waals surface area contributed by atoms with E-state index in [0.717, 1.165) is 5.75 Å². The van der Waals surface area contributed by atoms with Crippen molar-refractivity contribution in [1.29, 1.82) is 0 Å². The first-order valence-corrected chi connectivity index (χ1v) is 7.40. The summed E-state index contributed by atoms with van der Waals surface area (Å²) in [4.78, 5) is 23.3. The Kier molecular flexibility index (Phi) is 7.22. The summed E-state index contributed by atoms with van der Waals surface area (Å²) in [5.74, 6) is 0.893. The Bertz CT molecular complexity index is 485. The summed E-state index contributed by atoms with van der Waals surface area (Å²) in [6, 6.07) is 7.00. The summed E-state index contributed by atoms with van der Waals surface area (Å²) in [5, 5.41) is 0. The van der Waals surface area contributed by atoms with Gasteiger partial charge in [-0.2, -0.15) is 0 Å². The second-order valence-electron chi connectivity index (χ2n) is 5.30. The van der Waals surface area contributed by atoms with Gasteiger partial charge in [0.25, 0.3) is 5.91 Å². The van der Waals surface area contributed by atoms with Crippen molar-refractivity contribution < 1.29 is 19.1 Å². The average molecular weight is 308 g/mol. The molecule has 0 unspecified atom stereocenters. The third kappa shape index (κ3) is 6.47. The van der Waals surface area contributed by atoms with E-state index in [0.29, 0.717) is 18.8 Å². The average Bonchev–Trinajstić information content (AvgIpc) is 2.46. The van der Waals surface area contributed by atoms with E-state index in [-0.39, 0.29) is 11.8 Å². The molecule has 1 aromatic rings. The summed E-state index contributed by atoms with van der Waals surface area (Å²) >= 11 is 0. The van der Waals surface area contributed by atoms with Gasteiger partial charge >= 0.3 is 0 Å². The lowest BCUT2D eigenvalue weighted by Crippen LogP contribution is -2.47. The van der Waals surface area contributed by atoms with Gasteiger partial charge in [0.15, 0.2) is 6.10 Å². The van der Waals surface area contributed by atoms with Crippen molar-refractivity contribution in [3.8, 4) is 11.5 Å². The lowest BCUT2D eigenvalue weighted by atomic mass is 10.1. The van der Waals surface area contributed by atoms with Crippen LogP contribution in [0, 0.1) is 5.92 Å². The molecule has 2 N–H and O–H groups in total. The summed E-state index contributed by atoms with van der Waals surface area (Å²) < 4.78 is 10.8. The first-order chi connectivity index (χ1) is 10.4. The number of carbonyl (C=O) groups excluding carboxylic acids is 2. The number of hydrogen-bond donors (Lipinski definition) is 2. The molecule has 0 aliphatic rings. The van der Waals surface area contributed by atoms with Crippen molar-refractivity contribution in [2.45, 2.75) is 40.2 Å². The van der Waals surface area contributed by atoms with Gasteiger partial charge in [0.2, 0.25) is 5.91 Å². The number of ether oxygens (including phenoxy) is 2. The number of hydrogen-bond acceptors (Lipinski definition) is 4. The molecule has 0 aliphatic heterocycles. The zero-order valence-corrected chi connectivity index (χ0v) is 13.5. The maximum Gasteiger partial charge on any atom is 0.279 e. The molecule has 0 aromatic heterocycles. The molecular formula is C16H24N2O4. The highest BCUT2D eigenvalue weighted by molar-refractivity contribution is 5.84. The van der Waals surface area contributed by atoms with Gasteiger partial charge in [-0.25, -0.2) is 0 Å². The van der Waals surface area contributed by atoms with Crippen molar-refractivity contribution in [3.05, 3.63) is 24.3 Å². The zero-order valence-electron chi connectivity index (χ0n) is 13.5. The van der Waals surface area contributed by atoms with Crippen molar-refractivity contribution >= 4 is 11.8 Å². The van der Waals surface area contributed by atoms with Crippen LogP contribution >= 0.6 is 0 Å². The van der Waals surface area contributed by atoms with Crippen LogP contribution in [-0.4, -0.2) is 24.5 Å². The van der Waals surface area contributed by atoms with Gasteiger partial charge in [0, 0.05) is 6.42 Å². The summed E-state index contributed by atoms with van der Waals surface area (Å²) in [5.41, 5.74) is 4.72. The van der Waals surface area contributed by atoms with Crippen LogP contribution in [0.2, 0.25) is 0 Å². The topological polar surface area (TPSA) is 76.7 Å². The second-order valence-corrected chi connectivity index (χ2v) is 5.30. The van der Waals surface area contributed by atoms with Gasteiger partial charge in [0.1, 0.15) is 11.5 Å². The minimum Gasteiger partial charge on any atom is -0.494 e. The number of rotatable bonds is 7. The number of hydrazine groups is 1. The summed E-state index contributed by atoms with van der Waals surface area (Å²) in [7, 11) is 0. The van der Waals surface area contributed by atoms with E-state index < -0.39 is 12.0 Å². The van der Waals surface area contributed by atoms with Crippen LogP contribution in [0.25, 0.3) is 0 Å². The Morgan fingerprint density at radius 2 is 1.64 bits per heavy atom. The zero-order chi connectivity index (χ0) is 16.5. The highest BCUT2D eigenvalue weighted by Gasteiger charge is 2.15. The van der Waals surface area contributed by atoms with Gasteiger partial charge < -0.3 is 9.47 Å². The smallest absolute Gasteiger partial charge is 0.279 e. The first-order valence-electron chi connectivity index (χ1n) is 7.40. The van der Waals surface area contributed by atoms with Crippen LogP contribution in [0.1, 0.15) is 34.1 Å². The Hall–Kier alpha value is -2.24. The van der Waals surface area contributed by atoms with E-state index >= 15 is 0 Å². The molecule has 0 heterocycles. The fraction of sp³-hybridized carbons (Fsp3) is 0.500.